The van der Waals surface area contributed by atoms with Crippen LogP contribution < -0.4 is 5.32 Å². The number of aromatic nitrogens is 1. The Hall–Kier alpha value is -2.15. The number of carbonyl (C=O) groups excluding carboxylic acids is 2. The topological polar surface area (TPSA) is 81.4 Å². The predicted octanol–water partition coefficient (Wildman–Crippen LogP) is 2.70. The second-order valence-electron chi connectivity index (χ2n) is 5.41. The van der Waals surface area contributed by atoms with Crippen LogP contribution in [-0.4, -0.2) is 29.5 Å². The third-order valence-corrected chi connectivity index (χ3v) is 4.25. The largest absolute Gasteiger partial charge is 0.467 e. The maximum atomic E-state index is 12.4. The monoisotopic (exact) mass is 322 g/mol. The summed E-state index contributed by atoms with van der Waals surface area (Å²) >= 11 is 1.23. The van der Waals surface area contributed by atoms with Gasteiger partial charge in [0.25, 0.3) is 5.91 Å². The van der Waals surface area contributed by atoms with Crippen molar-refractivity contribution in [1.82, 2.24) is 10.3 Å². The molecule has 0 saturated heterocycles. The van der Waals surface area contributed by atoms with Crippen molar-refractivity contribution in [1.29, 1.82) is 0 Å². The van der Waals surface area contributed by atoms with Crippen LogP contribution in [0.4, 0.5) is 0 Å². The van der Waals surface area contributed by atoms with Crippen LogP contribution in [0.15, 0.2) is 16.5 Å². The third-order valence-electron chi connectivity index (χ3n) is 3.08. The quantitative estimate of drug-likeness (QED) is 0.875. The molecule has 2 aromatic heterocycles. The Kier molecular flexibility index (Phi) is 4.37. The van der Waals surface area contributed by atoms with Crippen LogP contribution in [0.25, 0.3) is 10.8 Å². The van der Waals surface area contributed by atoms with Gasteiger partial charge in [0, 0.05) is 0 Å². The number of amides is 1. The summed E-state index contributed by atoms with van der Waals surface area (Å²) in [5.74, 6) is 0.530. The first-order valence-corrected chi connectivity index (χ1v) is 7.51. The fourth-order valence-electron chi connectivity index (χ4n) is 1.91. The van der Waals surface area contributed by atoms with E-state index < -0.39 is 11.5 Å². The summed E-state index contributed by atoms with van der Waals surface area (Å²) in [4.78, 5) is 28.8. The number of nitrogens with zero attached hydrogens (tertiary/aromatic N) is 1. The van der Waals surface area contributed by atoms with Gasteiger partial charge in [-0.1, -0.05) is 0 Å². The van der Waals surface area contributed by atoms with Crippen LogP contribution >= 0.6 is 11.3 Å². The highest BCUT2D eigenvalue weighted by atomic mass is 32.1. The first-order chi connectivity index (χ1) is 10.2. The van der Waals surface area contributed by atoms with Crippen molar-refractivity contribution in [2.24, 2.45) is 0 Å². The lowest BCUT2D eigenvalue weighted by molar-refractivity contribution is -0.146. The summed E-state index contributed by atoms with van der Waals surface area (Å²) in [5, 5.41) is 3.29. The second kappa shape index (κ2) is 5.92. The number of carbonyl (C=O) groups is 2. The fourth-order valence-corrected chi connectivity index (χ4v) is 2.83. The van der Waals surface area contributed by atoms with E-state index in [2.05, 4.69) is 15.0 Å². The Labute approximate surface area is 132 Å². The average molecular weight is 322 g/mol. The molecule has 0 bridgehead atoms. The van der Waals surface area contributed by atoms with Crippen LogP contribution in [0.3, 0.4) is 0 Å². The Bertz CT molecular complexity index is 715. The van der Waals surface area contributed by atoms with E-state index in [0.717, 1.165) is 5.76 Å². The van der Waals surface area contributed by atoms with Gasteiger partial charge >= 0.3 is 5.97 Å². The number of nitrogens with one attached hydrogen (secondary N) is 1. The maximum Gasteiger partial charge on any atom is 0.330 e. The van der Waals surface area contributed by atoms with Gasteiger partial charge in [0.1, 0.15) is 16.2 Å². The molecule has 1 N–H and O–H groups in total. The summed E-state index contributed by atoms with van der Waals surface area (Å²) in [7, 11) is 1.28. The molecular formula is C15H18N2O4S. The highest BCUT2D eigenvalue weighted by Crippen LogP contribution is 2.29. The maximum absolute atomic E-state index is 12.4. The van der Waals surface area contributed by atoms with Gasteiger partial charge in [-0.25, -0.2) is 9.78 Å². The van der Waals surface area contributed by atoms with Gasteiger partial charge in [-0.05, 0) is 39.8 Å². The van der Waals surface area contributed by atoms with Crippen LogP contribution in [0.5, 0.6) is 0 Å². The van der Waals surface area contributed by atoms with E-state index in [9.17, 15) is 9.59 Å². The highest BCUT2D eigenvalue weighted by Gasteiger charge is 2.32. The molecule has 2 rings (SSSR count). The summed E-state index contributed by atoms with van der Waals surface area (Å²) in [6.07, 6.45) is 0. The zero-order valence-electron chi connectivity index (χ0n) is 13.1. The van der Waals surface area contributed by atoms with Crippen molar-refractivity contribution in [3.63, 3.8) is 0 Å². The highest BCUT2D eigenvalue weighted by molar-refractivity contribution is 7.17. The van der Waals surface area contributed by atoms with Gasteiger partial charge in [0.15, 0.2) is 10.8 Å². The van der Waals surface area contributed by atoms with E-state index in [1.165, 1.54) is 18.4 Å². The number of rotatable bonds is 4. The summed E-state index contributed by atoms with van der Waals surface area (Å²) in [6, 6.07) is 3.65. The molecular weight excluding hydrogens is 304 g/mol. The lowest BCUT2D eigenvalue weighted by Gasteiger charge is -2.22. The molecule has 2 aromatic rings. The molecule has 0 aliphatic carbocycles. The van der Waals surface area contributed by atoms with Crippen LogP contribution in [0.2, 0.25) is 0 Å². The minimum absolute atomic E-state index is 0.361. The first-order valence-electron chi connectivity index (χ1n) is 6.70. The number of hydrogen-bond donors (Lipinski definition) is 1. The number of ether oxygens (including phenoxy) is 1. The van der Waals surface area contributed by atoms with E-state index in [-0.39, 0.29) is 5.91 Å². The smallest absolute Gasteiger partial charge is 0.330 e. The molecule has 2 heterocycles. The van der Waals surface area contributed by atoms with Crippen molar-refractivity contribution >= 4 is 23.2 Å². The number of methoxy groups -OCH3 is 1. The van der Waals surface area contributed by atoms with Gasteiger partial charge in [0.05, 0.1) is 12.8 Å². The van der Waals surface area contributed by atoms with E-state index in [4.69, 9.17) is 4.42 Å². The Morgan fingerprint density at radius 2 is 2.00 bits per heavy atom. The van der Waals surface area contributed by atoms with Gasteiger partial charge in [-0.3, -0.25) is 4.79 Å². The molecule has 1 amide bonds. The van der Waals surface area contributed by atoms with Crippen LogP contribution in [0.1, 0.15) is 35.0 Å². The van der Waals surface area contributed by atoms with Crippen molar-refractivity contribution < 1.29 is 18.7 Å². The molecule has 0 unspecified atom stereocenters. The predicted molar refractivity (Wildman–Crippen MR) is 82.9 cm³/mol. The first kappa shape index (κ1) is 16.2. The van der Waals surface area contributed by atoms with Crippen molar-refractivity contribution in [3.8, 4) is 10.8 Å². The van der Waals surface area contributed by atoms with Crippen LogP contribution in [0, 0.1) is 13.8 Å². The number of aryl methyl sites for hydroxylation is 2. The van der Waals surface area contributed by atoms with Crippen LogP contribution in [-0.2, 0) is 9.53 Å². The lowest BCUT2D eigenvalue weighted by atomic mass is 10.1. The van der Waals surface area contributed by atoms with Crippen molar-refractivity contribution in [3.05, 3.63) is 28.5 Å². The van der Waals surface area contributed by atoms with E-state index >= 15 is 0 Å². The Balaban J connectivity index is 2.24. The molecule has 0 atom stereocenters. The zero-order valence-corrected chi connectivity index (χ0v) is 14.0. The standard InChI is InChI=1S/C15H18N2O4S/c1-8-6-7-10(21-8)13-16-9(2)11(22-13)12(18)17-15(3,4)14(19)20-5/h6-7H,1-5H3,(H,17,18). The number of hydrogen-bond acceptors (Lipinski definition) is 6. The molecule has 7 heteroatoms. The van der Waals surface area contributed by atoms with E-state index in [0.29, 0.717) is 21.3 Å². The van der Waals surface area contributed by atoms with Gasteiger partial charge in [-0.2, -0.15) is 0 Å². The molecule has 118 valence electrons. The van der Waals surface area contributed by atoms with E-state index in [1.54, 1.807) is 20.8 Å². The number of furan rings is 1. The molecule has 0 radical (unpaired) electrons. The van der Waals surface area contributed by atoms with Gasteiger partial charge in [0.2, 0.25) is 0 Å². The van der Waals surface area contributed by atoms with Gasteiger partial charge in [-0.15, -0.1) is 11.3 Å². The summed E-state index contributed by atoms with van der Waals surface area (Å²) in [6.45, 7) is 6.76. The van der Waals surface area contributed by atoms with Crippen molar-refractivity contribution in [2.45, 2.75) is 33.2 Å². The molecule has 0 saturated carbocycles. The molecule has 0 fully saturated rings. The molecule has 0 aliphatic rings. The zero-order chi connectivity index (χ0) is 16.5. The normalized spacial score (nSPS) is 11.3. The Morgan fingerprint density at radius 1 is 1.32 bits per heavy atom. The lowest BCUT2D eigenvalue weighted by Crippen LogP contribution is -2.50. The van der Waals surface area contributed by atoms with E-state index in [1.807, 2.05) is 19.1 Å². The molecule has 0 aliphatic heterocycles. The van der Waals surface area contributed by atoms with Crippen molar-refractivity contribution in [2.75, 3.05) is 7.11 Å². The summed E-state index contributed by atoms with van der Waals surface area (Å²) < 4.78 is 10.2. The second-order valence-corrected chi connectivity index (χ2v) is 6.41. The molecule has 0 aromatic carbocycles. The Morgan fingerprint density at radius 3 is 2.55 bits per heavy atom. The average Bonchev–Trinajstić information content (AvgIpc) is 3.03. The SMILES string of the molecule is COC(=O)C(C)(C)NC(=O)c1sc(-c2ccc(C)o2)nc1C. The summed E-state index contributed by atoms with van der Waals surface area (Å²) in [5.41, 5.74) is -0.517. The minimum atomic E-state index is -1.11. The fraction of sp³-hybridized carbons (Fsp3) is 0.400. The van der Waals surface area contributed by atoms with Gasteiger partial charge < -0.3 is 14.5 Å². The number of thiazole rings is 1. The number of esters is 1. The molecule has 0 spiro atoms. The third kappa shape index (κ3) is 3.19. The molecule has 6 nitrogen and oxygen atoms in total. The molecule has 22 heavy (non-hydrogen) atoms. The minimum Gasteiger partial charge on any atom is -0.467 e.